The summed E-state index contributed by atoms with van der Waals surface area (Å²) in [5.41, 5.74) is -0.177. The van der Waals surface area contributed by atoms with E-state index in [9.17, 15) is 18.0 Å². The van der Waals surface area contributed by atoms with E-state index in [0.29, 0.717) is 0 Å². The summed E-state index contributed by atoms with van der Waals surface area (Å²) in [6, 6.07) is 1.49. The Morgan fingerprint density at radius 2 is 1.45 bits per heavy atom. The zero-order valence-electron chi connectivity index (χ0n) is 11.2. The monoisotopic (exact) mass is 285 g/mol. The van der Waals surface area contributed by atoms with E-state index in [4.69, 9.17) is 0 Å². The Morgan fingerprint density at radius 3 is 2.00 bits per heavy atom. The van der Waals surface area contributed by atoms with Crippen LogP contribution in [0.25, 0.3) is 0 Å². The number of nitrogens with one attached hydrogen (secondary N) is 1. The van der Waals surface area contributed by atoms with Gasteiger partial charge in [0.15, 0.2) is 17.5 Å². The minimum Gasteiger partial charge on any atom is -0.349 e. The van der Waals surface area contributed by atoms with Gasteiger partial charge in [-0.25, -0.2) is 13.2 Å². The highest BCUT2D eigenvalue weighted by Crippen LogP contribution is 2.18. The molecule has 1 amide bonds. The molecule has 1 saturated carbocycles. The molecule has 2 nitrogen and oxygen atoms in total. The molecule has 0 atom stereocenters. The van der Waals surface area contributed by atoms with Crippen molar-refractivity contribution in [3.05, 3.63) is 35.1 Å². The normalized spacial score (nSPS) is 17.4. The first-order valence-corrected chi connectivity index (χ1v) is 7.03. The number of benzene rings is 1. The third-order valence-electron chi connectivity index (χ3n) is 3.69. The van der Waals surface area contributed by atoms with Crippen molar-refractivity contribution < 1.29 is 18.0 Å². The van der Waals surface area contributed by atoms with Crippen LogP contribution in [0.15, 0.2) is 12.1 Å². The van der Waals surface area contributed by atoms with Gasteiger partial charge in [-0.05, 0) is 25.0 Å². The molecule has 5 heteroatoms. The number of hydrogen-bond acceptors (Lipinski definition) is 1. The molecule has 0 saturated heterocycles. The van der Waals surface area contributed by atoms with Gasteiger partial charge >= 0.3 is 0 Å². The summed E-state index contributed by atoms with van der Waals surface area (Å²) in [4.78, 5) is 12.0. The fourth-order valence-corrected chi connectivity index (χ4v) is 2.56. The number of carbonyl (C=O) groups is 1. The number of rotatable bonds is 2. The Labute approximate surface area is 116 Å². The second-order valence-corrected chi connectivity index (χ2v) is 5.27. The van der Waals surface area contributed by atoms with Crippen molar-refractivity contribution in [2.45, 2.75) is 51.0 Å². The molecule has 2 rings (SSSR count). The van der Waals surface area contributed by atoms with Crippen LogP contribution in [0.2, 0.25) is 0 Å². The maximum atomic E-state index is 13.1. The third-order valence-corrected chi connectivity index (χ3v) is 3.69. The molecule has 110 valence electrons. The van der Waals surface area contributed by atoms with E-state index >= 15 is 0 Å². The fraction of sp³-hybridized carbons (Fsp3) is 0.533. The quantitative estimate of drug-likeness (QED) is 0.819. The van der Waals surface area contributed by atoms with Crippen LogP contribution in [-0.2, 0) is 0 Å². The van der Waals surface area contributed by atoms with Crippen LogP contribution < -0.4 is 5.32 Å². The molecule has 1 fully saturated rings. The first kappa shape index (κ1) is 14.9. The summed E-state index contributed by atoms with van der Waals surface area (Å²) >= 11 is 0. The largest absolute Gasteiger partial charge is 0.349 e. The van der Waals surface area contributed by atoms with Gasteiger partial charge in [0.1, 0.15) is 0 Å². The average Bonchev–Trinajstić information content (AvgIpc) is 2.38. The number of hydrogen-bond donors (Lipinski definition) is 1. The molecule has 1 aromatic carbocycles. The predicted molar refractivity (Wildman–Crippen MR) is 69.9 cm³/mol. The van der Waals surface area contributed by atoms with Crippen LogP contribution in [-0.4, -0.2) is 11.9 Å². The maximum Gasteiger partial charge on any atom is 0.251 e. The fourth-order valence-electron chi connectivity index (χ4n) is 2.56. The van der Waals surface area contributed by atoms with Crippen LogP contribution in [0.3, 0.4) is 0 Å². The molecule has 0 heterocycles. The van der Waals surface area contributed by atoms with Crippen molar-refractivity contribution in [1.29, 1.82) is 0 Å². The Kier molecular flexibility index (Phi) is 5.04. The van der Waals surface area contributed by atoms with Gasteiger partial charge in [0, 0.05) is 11.6 Å². The van der Waals surface area contributed by atoms with E-state index in [1.807, 2.05) is 0 Å². The van der Waals surface area contributed by atoms with Crippen LogP contribution in [0.1, 0.15) is 55.3 Å². The SMILES string of the molecule is O=C(NC1CCCCCCC1)c1cc(F)c(F)c(F)c1. The summed E-state index contributed by atoms with van der Waals surface area (Å²) < 4.78 is 39.1. The molecule has 0 aromatic heterocycles. The molecule has 0 radical (unpaired) electrons. The van der Waals surface area contributed by atoms with E-state index in [1.165, 1.54) is 6.42 Å². The zero-order valence-corrected chi connectivity index (χ0v) is 11.2. The lowest BCUT2D eigenvalue weighted by Gasteiger charge is -2.21. The van der Waals surface area contributed by atoms with Crippen molar-refractivity contribution in [2.75, 3.05) is 0 Å². The van der Waals surface area contributed by atoms with Gasteiger partial charge in [0.2, 0.25) is 0 Å². The minimum atomic E-state index is -1.55. The lowest BCUT2D eigenvalue weighted by Crippen LogP contribution is -2.35. The molecule has 0 bridgehead atoms. The van der Waals surface area contributed by atoms with Crippen LogP contribution >= 0.6 is 0 Å². The second-order valence-electron chi connectivity index (χ2n) is 5.27. The number of halogens is 3. The first-order valence-electron chi connectivity index (χ1n) is 7.03. The predicted octanol–water partition coefficient (Wildman–Crippen LogP) is 3.95. The van der Waals surface area contributed by atoms with Gasteiger partial charge in [0.25, 0.3) is 5.91 Å². The smallest absolute Gasteiger partial charge is 0.251 e. The van der Waals surface area contributed by atoms with E-state index < -0.39 is 23.4 Å². The molecular weight excluding hydrogens is 267 g/mol. The van der Waals surface area contributed by atoms with Crippen LogP contribution in [0.4, 0.5) is 13.2 Å². The Morgan fingerprint density at radius 1 is 0.950 bits per heavy atom. The lowest BCUT2D eigenvalue weighted by atomic mass is 9.96. The van der Waals surface area contributed by atoms with E-state index in [-0.39, 0.29) is 11.6 Å². The average molecular weight is 285 g/mol. The first-order chi connectivity index (χ1) is 9.58. The minimum absolute atomic E-state index is 0.0268. The topological polar surface area (TPSA) is 29.1 Å². The third kappa shape index (κ3) is 3.74. The number of carbonyl (C=O) groups excluding carboxylic acids is 1. The number of amides is 1. The molecule has 0 spiro atoms. The van der Waals surface area contributed by atoms with Crippen molar-refractivity contribution in [3.8, 4) is 0 Å². The van der Waals surface area contributed by atoms with Crippen LogP contribution in [0.5, 0.6) is 0 Å². The van der Waals surface area contributed by atoms with E-state index in [0.717, 1.165) is 50.7 Å². The summed E-state index contributed by atoms with van der Waals surface area (Å²) in [6.07, 6.45) is 7.33. The summed E-state index contributed by atoms with van der Waals surface area (Å²) in [5.74, 6) is -4.78. The second kappa shape index (κ2) is 6.77. The van der Waals surface area contributed by atoms with Gasteiger partial charge < -0.3 is 5.32 Å². The van der Waals surface area contributed by atoms with Gasteiger partial charge in [-0.1, -0.05) is 32.1 Å². The molecule has 1 aliphatic carbocycles. The Bertz CT molecular complexity index is 459. The highest BCUT2D eigenvalue weighted by molar-refractivity contribution is 5.94. The van der Waals surface area contributed by atoms with Gasteiger partial charge in [-0.2, -0.15) is 0 Å². The van der Waals surface area contributed by atoms with E-state index in [1.54, 1.807) is 0 Å². The van der Waals surface area contributed by atoms with Gasteiger partial charge in [-0.15, -0.1) is 0 Å². The standard InChI is InChI=1S/C15H18F3NO/c16-12-8-10(9-13(17)14(12)18)15(20)19-11-6-4-2-1-3-5-7-11/h8-9,11H,1-7H2,(H,19,20). The molecular formula is C15H18F3NO. The van der Waals surface area contributed by atoms with Gasteiger partial charge in [-0.3, -0.25) is 4.79 Å². The van der Waals surface area contributed by atoms with Crippen molar-refractivity contribution in [2.24, 2.45) is 0 Å². The van der Waals surface area contributed by atoms with Crippen molar-refractivity contribution in [1.82, 2.24) is 5.32 Å². The molecule has 1 N–H and O–H groups in total. The zero-order chi connectivity index (χ0) is 14.5. The van der Waals surface area contributed by atoms with Crippen LogP contribution in [0, 0.1) is 17.5 Å². The highest BCUT2D eigenvalue weighted by atomic mass is 19.2. The lowest BCUT2D eigenvalue weighted by molar-refractivity contribution is 0.0929. The maximum absolute atomic E-state index is 13.1. The van der Waals surface area contributed by atoms with Crippen molar-refractivity contribution in [3.63, 3.8) is 0 Å². The van der Waals surface area contributed by atoms with Crippen molar-refractivity contribution >= 4 is 5.91 Å². The van der Waals surface area contributed by atoms with E-state index in [2.05, 4.69) is 5.32 Å². The van der Waals surface area contributed by atoms with Gasteiger partial charge in [0.05, 0.1) is 0 Å². The highest BCUT2D eigenvalue weighted by Gasteiger charge is 2.18. The molecule has 20 heavy (non-hydrogen) atoms. The Balaban J connectivity index is 2.03. The molecule has 0 unspecified atom stereocenters. The Hall–Kier alpha value is -1.52. The molecule has 0 aliphatic heterocycles. The summed E-state index contributed by atoms with van der Waals surface area (Å²) in [5, 5.41) is 2.78. The summed E-state index contributed by atoms with van der Waals surface area (Å²) in [7, 11) is 0. The summed E-state index contributed by atoms with van der Waals surface area (Å²) in [6.45, 7) is 0. The molecule has 1 aromatic rings. The molecule has 1 aliphatic rings.